The minimum absolute atomic E-state index is 0.285. The van der Waals surface area contributed by atoms with Crippen molar-refractivity contribution < 1.29 is 94.4 Å². The second-order valence-electron chi connectivity index (χ2n) is 49.8. The van der Waals surface area contributed by atoms with Gasteiger partial charge in [0.1, 0.15) is 0 Å². The molecule has 0 bridgehead atoms. The molecule has 0 aromatic heterocycles. The fourth-order valence-corrected chi connectivity index (χ4v) is 18.2. The van der Waals surface area contributed by atoms with E-state index in [1.165, 1.54) is 193 Å². The standard InChI is InChI=1S/6C8H16O.2C7H14O.5C6H12O.C5H11NO.3C5H10O.C4H7FO.C4H8O/c2*1-6-4-7(2)9-8(3)5-6;1-7-3-5-8(9-2)6-4-7;1-3-8(2)4-6-9-7-5-8;1-3-8-6-9-5-4-7(8)2;1-3-8-6-7(2)4-5-9-8;1-7(2)3-5-8-6-4-7;1-3-7(2)4-5-8-6-7;1-6(2)3-4-7-5-6;1-5-3-4-7-6(5)2;1-6-2-4-7-5-3-6;1-3-6(2)4-7-5-6;1-3-6-5(2)4-7-6;1-6-2-4-7-5-3-6;1-5(2)3-6-4-5;1-5-2-3-6-4-5;1-5-3-2-4-6-5;1-4(5)2-6-3-4;1-4-2-5-3-4/h2*6-8H,4-5H2,1-3H3;7-8H,3-6H2,1-2H3;3-7H2,1-2H3;2*7-8H,3-6H2,1-2H3;2*3-6H2,1-2H3;3-5H2,1-2H3;5-6H,3-4H2,1-2H3;6H,2-5H2,1H3;3-5H2,1-2H3;5-6H,3-4H2,1-2H3;2-5H2,1H3;3-4H2,1-2H3;2*5H,2-4H2,1H3;2-3H2,1H3;4H,2-3H2,1H3/t;;;;2*7-,8?;;7-;;5-,6?;;;5-,6?;;;2*5-;;/m....01.1.1..0..11../s1. The Balaban J connectivity index is 0.000000745. The molecule has 18 heterocycles. The molecule has 8 unspecified atom stereocenters. The van der Waals surface area contributed by atoms with Gasteiger partial charge in [-0.15, -0.1) is 0 Å². The van der Waals surface area contributed by atoms with Crippen LogP contribution in [-0.4, -0.2) is 278 Å². The Morgan fingerprint density at radius 2 is 0.709 bits per heavy atom. The molecule has 15 atom stereocenters. The van der Waals surface area contributed by atoms with E-state index in [-0.39, 0.29) is 13.2 Å². The normalized spacial score (nSPS) is 33.8. The van der Waals surface area contributed by atoms with Crippen LogP contribution in [0.5, 0.6) is 0 Å². The first-order chi connectivity index (χ1) is 66.6. The van der Waals surface area contributed by atoms with Gasteiger partial charge < -0.3 is 94.9 Å². The maximum atomic E-state index is 12.1. The minimum atomic E-state index is -1.00. The number of ether oxygens (including phenoxy) is 19. The number of hydrogen-bond donors (Lipinski definition) is 0. The first-order valence-corrected chi connectivity index (χ1v) is 58.2. The van der Waals surface area contributed by atoms with Crippen LogP contribution in [-0.2, 0) is 90.0 Å². The summed E-state index contributed by atoms with van der Waals surface area (Å²) in [5.41, 5.74) is 2.18. The summed E-state index contributed by atoms with van der Waals surface area (Å²) in [7, 11) is 3.93. The molecule has 0 radical (unpaired) electrons. The maximum absolute atomic E-state index is 12.1. The van der Waals surface area contributed by atoms with Gasteiger partial charge in [0.2, 0.25) is 0 Å². The van der Waals surface area contributed by atoms with E-state index in [1.807, 2.05) is 7.11 Å². The van der Waals surface area contributed by atoms with Gasteiger partial charge in [-0.25, -0.2) is 4.39 Å². The van der Waals surface area contributed by atoms with Gasteiger partial charge in [0.05, 0.1) is 141 Å². The Morgan fingerprint density at radius 3 is 0.915 bits per heavy atom. The van der Waals surface area contributed by atoms with E-state index in [0.29, 0.717) is 87.4 Å². The lowest BCUT2D eigenvalue weighted by molar-refractivity contribution is -0.118. The van der Waals surface area contributed by atoms with Crippen LogP contribution < -0.4 is 0 Å². The zero-order chi connectivity index (χ0) is 106. The third-order valence-corrected chi connectivity index (χ3v) is 31.4. The first kappa shape index (κ1) is 138. The van der Waals surface area contributed by atoms with Crippen molar-refractivity contribution in [2.45, 2.75) is 468 Å². The Morgan fingerprint density at radius 1 is 0.291 bits per heavy atom. The topological polar surface area (TPSA) is 179 Å². The lowest BCUT2D eigenvalue weighted by Gasteiger charge is -2.36. The summed E-state index contributed by atoms with van der Waals surface area (Å²) in [6.45, 7) is 98.9. The highest BCUT2D eigenvalue weighted by molar-refractivity contribution is 4.83. The van der Waals surface area contributed by atoms with E-state index < -0.39 is 5.67 Å². The Kier molecular flexibility index (Phi) is 78.4. The Labute approximate surface area is 872 Å². The molecule has 18 aliphatic heterocycles. The van der Waals surface area contributed by atoms with Crippen LogP contribution in [0.25, 0.3) is 0 Å². The molecule has 1 aliphatic carbocycles. The number of alkyl halides is 1. The molecule has 0 amide bonds. The van der Waals surface area contributed by atoms with Crippen molar-refractivity contribution in [3.63, 3.8) is 0 Å². The third-order valence-electron chi connectivity index (χ3n) is 31.4. The number of likely N-dealkylation sites (N-methyl/N-ethyl adjacent to an activating group) is 1. The van der Waals surface area contributed by atoms with Crippen molar-refractivity contribution >= 4 is 0 Å². The second-order valence-corrected chi connectivity index (χ2v) is 49.8. The molecular weight excluding hydrogens is 1780 g/mol. The number of nitrogens with zero attached hydrogens (tertiary/aromatic N) is 1. The average molecular weight is 2020 g/mol. The van der Waals surface area contributed by atoms with E-state index in [2.05, 4.69) is 231 Å². The first-order valence-electron chi connectivity index (χ1n) is 58.2. The summed E-state index contributed by atoms with van der Waals surface area (Å²) in [5.74, 6) is 9.48. The number of hydrogen-bond acceptors (Lipinski definition) is 20. The maximum Gasteiger partial charge on any atom is 0.154 e. The van der Waals surface area contributed by atoms with Crippen LogP contribution in [0.4, 0.5) is 4.39 Å². The van der Waals surface area contributed by atoms with Gasteiger partial charge in [0, 0.05) is 142 Å². The molecule has 1 saturated carbocycles. The van der Waals surface area contributed by atoms with Crippen LogP contribution in [0.1, 0.15) is 408 Å². The molecule has 0 N–H and O–H groups in total. The van der Waals surface area contributed by atoms with E-state index in [1.54, 1.807) is 0 Å². The highest BCUT2D eigenvalue weighted by Gasteiger charge is 2.35. The molecule has 21 heteroatoms. The largest absolute Gasteiger partial charge is 0.381 e. The van der Waals surface area contributed by atoms with Gasteiger partial charge in [0.15, 0.2) is 5.67 Å². The lowest BCUT2D eigenvalue weighted by Crippen LogP contribution is -2.42. The van der Waals surface area contributed by atoms with E-state index in [9.17, 15) is 4.39 Å². The van der Waals surface area contributed by atoms with Crippen molar-refractivity contribution in [1.82, 2.24) is 4.90 Å². The molecule has 18 saturated heterocycles. The molecule has 846 valence electrons. The smallest absolute Gasteiger partial charge is 0.154 e. The van der Waals surface area contributed by atoms with Crippen LogP contribution in [0.15, 0.2) is 0 Å². The zero-order valence-electron chi connectivity index (χ0n) is 99.3. The van der Waals surface area contributed by atoms with Crippen LogP contribution in [0.3, 0.4) is 0 Å². The predicted molar refractivity (Wildman–Crippen MR) is 587 cm³/mol. The van der Waals surface area contributed by atoms with Crippen molar-refractivity contribution in [2.24, 2.45) is 97.6 Å². The Bertz CT molecular complexity index is 2610. The second kappa shape index (κ2) is 80.0. The summed E-state index contributed by atoms with van der Waals surface area (Å²) < 4.78 is 110. The summed E-state index contributed by atoms with van der Waals surface area (Å²) in [6, 6.07) is 0. The van der Waals surface area contributed by atoms with Gasteiger partial charge in [0.25, 0.3) is 0 Å². The van der Waals surface area contributed by atoms with E-state index >= 15 is 0 Å². The summed E-state index contributed by atoms with van der Waals surface area (Å²) in [4.78, 5) is 2.27. The molecule has 0 aromatic rings. The minimum Gasteiger partial charge on any atom is -0.381 e. The summed E-state index contributed by atoms with van der Waals surface area (Å²) in [6.07, 6.45) is 41.2. The van der Waals surface area contributed by atoms with E-state index in [0.717, 1.165) is 250 Å². The third kappa shape index (κ3) is 73.9. The quantitative estimate of drug-likeness (QED) is 0.235. The number of rotatable bonds is 7. The van der Waals surface area contributed by atoms with Gasteiger partial charge in [-0.2, -0.15) is 0 Å². The van der Waals surface area contributed by atoms with Crippen molar-refractivity contribution in [3.8, 4) is 0 Å². The molecule has 141 heavy (non-hydrogen) atoms. The predicted octanol–water partition coefficient (Wildman–Crippen LogP) is 28.5. The van der Waals surface area contributed by atoms with Gasteiger partial charge >= 0.3 is 0 Å². The molecule has 20 nitrogen and oxygen atoms in total. The fourth-order valence-electron chi connectivity index (χ4n) is 18.2. The monoisotopic (exact) mass is 2020 g/mol. The fraction of sp³-hybridized carbons (Fsp3) is 1.00. The van der Waals surface area contributed by atoms with Gasteiger partial charge in [-0.05, 0) is 304 Å². The molecular formula is C120H240FNO19. The van der Waals surface area contributed by atoms with Gasteiger partial charge in [-0.1, -0.05) is 186 Å². The molecule has 19 rings (SSSR count). The Hall–Kier alpha value is -0.870. The molecule has 0 spiro atoms. The number of halogens is 1. The molecule has 19 aliphatic rings. The van der Waals surface area contributed by atoms with Crippen LogP contribution in [0.2, 0.25) is 0 Å². The van der Waals surface area contributed by atoms with Crippen LogP contribution in [0, 0.1) is 97.6 Å². The number of methoxy groups -OCH3 is 1. The highest BCUT2D eigenvalue weighted by atomic mass is 19.1. The average Bonchev–Trinajstić information content (AvgIpc) is 1.68. The SMILES string of the molecule is CC1(C)CCOC1.CC1(C)CCOCC1.CC1(C)COC1.CC1(F)COC1.CC1CC(C)OC(C)C1.CC1CC(C)OC(C)C1.CC1CCOCC1.CC1COC1.CC1OCC[C@H]1C.CCC1(C)CCOCC1.CCC1(C)COC1.CCC1COCC[C@@H]1C.CCC1C[C@H](C)CCO1.CCC1OC[C@@H]1C.CC[C@]1(C)CCOC1.CN1CCOCC1.COC1CCC(C)CC1.C[C@@H]1CCCO1.C[C@@H]1CCOC1. The van der Waals surface area contributed by atoms with Crippen LogP contribution >= 0.6 is 0 Å². The zero-order valence-corrected chi connectivity index (χ0v) is 99.3. The van der Waals surface area contributed by atoms with E-state index in [4.69, 9.17) is 85.3 Å². The van der Waals surface area contributed by atoms with Crippen molar-refractivity contribution in [2.75, 3.05) is 212 Å². The summed E-state index contributed by atoms with van der Waals surface area (Å²) >= 11 is 0. The molecule has 0 aromatic carbocycles. The summed E-state index contributed by atoms with van der Waals surface area (Å²) in [5, 5.41) is 0. The van der Waals surface area contributed by atoms with Gasteiger partial charge in [-0.3, -0.25) is 0 Å². The lowest BCUT2D eigenvalue weighted by atomic mass is 9.80. The molecule has 19 fully saturated rings. The van der Waals surface area contributed by atoms with Crippen molar-refractivity contribution in [1.29, 1.82) is 0 Å². The van der Waals surface area contributed by atoms with Crippen molar-refractivity contribution in [3.05, 3.63) is 0 Å². The number of morpholine rings is 1. The highest BCUT2D eigenvalue weighted by Crippen LogP contribution is 2.36.